The van der Waals surface area contributed by atoms with Gasteiger partial charge in [-0.15, -0.1) is 13.2 Å². The largest absolute Gasteiger partial charge is 0.449 e. The molecule has 2 saturated carbocycles. The number of pyridine rings is 1. The molecule has 5 rings (SSSR count). The lowest BCUT2D eigenvalue weighted by Crippen LogP contribution is -2.59. The first-order chi connectivity index (χ1) is 25.4. The van der Waals surface area contributed by atoms with E-state index in [1.165, 1.54) is 17.1 Å². The van der Waals surface area contributed by atoms with Crippen LogP contribution in [0.1, 0.15) is 83.1 Å². The van der Waals surface area contributed by atoms with Crippen molar-refractivity contribution < 1.29 is 32.3 Å². The van der Waals surface area contributed by atoms with E-state index >= 15 is 0 Å². The number of aromatic amines is 1. The maximum absolute atomic E-state index is 14.2. The Bertz CT molecular complexity index is 1830. The van der Waals surface area contributed by atoms with Gasteiger partial charge in [0.2, 0.25) is 21.8 Å². The summed E-state index contributed by atoms with van der Waals surface area (Å²) in [6.45, 7) is 9.88. The Hall–Kier alpha value is -4.46. The van der Waals surface area contributed by atoms with Crippen molar-refractivity contribution in [2.75, 3.05) is 13.2 Å². The smallest absolute Gasteiger partial charge is 0.407 e. The average molecular weight is 752 g/mol. The van der Waals surface area contributed by atoms with Gasteiger partial charge in [-0.1, -0.05) is 50.5 Å². The molecule has 13 nitrogen and oxygen atoms in total. The molecule has 14 heteroatoms. The maximum Gasteiger partial charge on any atom is 0.407 e. The Morgan fingerprint density at radius 3 is 2.43 bits per heavy atom. The van der Waals surface area contributed by atoms with Crippen LogP contribution in [0.2, 0.25) is 0 Å². The minimum Gasteiger partial charge on any atom is -0.449 e. The zero-order chi connectivity index (χ0) is 38.1. The van der Waals surface area contributed by atoms with E-state index in [-0.39, 0.29) is 29.9 Å². The second-order valence-corrected chi connectivity index (χ2v) is 16.7. The topological polar surface area (TPSA) is 184 Å². The number of carbonyl (C=O) groups excluding carboxylic acids is 4. The Balaban J connectivity index is 1.18. The number of benzene rings is 1. The molecule has 1 aliphatic heterocycles. The quantitative estimate of drug-likeness (QED) is 0.173. The summed E-state index contributed by atoms with van der Waals surface area (Å²) in [5.41, 5.74) is 0.941. The normalized spacial score (nSPS) is 19.6. The van der Waals surface area contributed by atoms with E-state index in [9.17, 15) is 32.4 Å². The minimum atomic E-state index is -3.88. The number of ether oxygens (including phenoxy) is 1. The molecule has 2 aromatic rings. The van der Waals surface area contributed by atoms with Crippen molar-refractivity contribution in [1.82, 2.24) is 25.2 Å². The number of alkyl carbamates (subject to hydrolysis) is 1. The number of H-pyrrole nitrogens is 1. The van der Waals surface area contributed by atoms with Gasteiger partial charge in [-0.25, -0.2) is 13.2 Å². The lowest BCUT2D eigenvalue weighted by molar-refractivity contribution is -0.142. The van der Waals surface area contributed by atoms with Crippen molar-refractivity contribution in [2.24, 2.45) is 17.8 Å². The third-order valence-corrected chi connectivity index (χ3v) is 12.6. The minimum absolute atomic E-state index is 0.0551. The van der Waals surface area contributed by atoms with E-state index in [0.717, 1.165) is 62.3 Å². The van der Waals surface area contributed by atoms with Gasteiger partial charge in [0, 0.05) is 24.0 Å². The zero-order valence-electron chi connectivity index (χ0n) is 30.5. The van der Waals surface area contributed by atoms with Crippen molar-refractivity contribution in [3.05, 3.63) is 71.7 Å². The molecular weight excluding hydrogens is 699 g/mol. The summed E-state index contributed by atoms with van der Waals surface area (Å²) in [5, 5.41) is 6.44. The molecule has 0 bridgehead atoms. The molecule has 3 fully saturated rings. The predicted molar refractivity (Wildman–Crippen MR) is 202 cm³/mol. The van der Waals surface area contributed by atoms with E-state index in [2.05, 4.69) is 33.5 Å². The fraction of sp³-hybridized carbons (Fsp3) is 0.564. The van der Waals surface area contributed by atoms with Crippen LogP contribution in [-0.2, 0) is 35.6 Å². The molecule has 0 radical (unpaired) electrons. The highest BCUT2D eigenvalue weighted by Crippen LogP contribution is 2.30. The van der Waals surface area contributed by atoms with Gasteiger partial charge in [0.15, 0.2) is 0 Å². The highest BCUT2D eigenvalue weighted by molar-refractivity contribution is 7.90. The Labute approximate surface area is 311 Å². The number of sulfonamides is 1. The molecule has 53 heavy (non-hydrogen) atoms. The molecule has 1 aromatic heterocycles. The molecule has 4 N–H and O–H groups in total. The summed E-state index contributed by atoms with van der Waals surface area (Å²) in [4.78, 5) is 70.7. The molecule has 4 atom stereocenters. The fourth-order valence-corrected chi connectivity index (χ4v) is 8.79. The van der Waals surface area contributed by atoms with Crippen LogP contribution in [0.15, 0.2) is 60.6 Å². The number of rotatable bonds is 17. The van der Waals surface area contributed by atoms with Crippen molar-refractivity contribution in [3.8, 4) is 0 Å². The van der Waals surface area contributed by atoms with Crippen LogP contribution >= 0.6 is 0 Å². The Kier molecular flexibility index (Phi) is 13.5. The van der Waals surface area contributed by atoms with Crippen LogP contribution in [0.25, 0.3) is 10.8 Å². The number of amides is 4. The van der Waals surface area contributed by atoms with Gasteiger partial charge in [0.1, 0.15) is 18.1 Å². The second-order valence-electron chi connectivity index (χ2n) is 14.8. The lowest BCUT2D eigenvalue weighted by atomic mass is 9.83. The number of hydrogen-bond acceptors (Lipinski definition) is 8. The molecule has 4 amide bonds. The van der Waals surface area contributed by atoms with E-state index in [0.29, 0.717) is 37.6 Å². The number of fused-ring (bicyclic) bond motifs is 1. The molecule has 1 unspecified atom stereocenters. The molecule has 0 spiro atoms. The highest BCUT2D eigenvalue weighted by atomic mass is 32.2. The van der Waals surface area contributed by atoms with Gasteiger partial charge in [0.05, 0.1) is 11.9 Å². The molecule has 3 aliphatic rings. The van der Waals surface area contributed by atoms with Crippen LogP contribution in [0, 0.1) is 17.8 Å². The summed E-state index contributed by atoms with van der Waals surface area (Å²) in [7, 11) is -3.88. The number of aryl methyl sites for hydroxylation is 1. The van der Waals surface area contributed by atoms with Gasteiger partial charge in [-0.2, -0.15) is 0 Å². The summed E-state index contributed by atoms with van der Waals surface area (Å²) in [6, 6.07) is 4.63. The first-order valence-corrected chi connectivity index (χ1v) is 20.4. The first-order valence-electron chi connectivity index (χ1n) is 18.9. The van der Waals surface area contributed by atoms with Crippen molar-refractivity contribution >= 4 is 44.6 Å². The average Bonchev–Trinajstić information content (AvgIpc) is 3.91. The summed E-state index contributed by atoms with van der Waals surface area (Å²) in [6.07, 6.45) is 12.3. The van der Waals surface area contributed by atoms with Gasteiger partial charge in [0.25, 0.3) is 11.5 Å². The van der Waals surface area contributed by atoms with Gasteiger partial charge >= 0.3 is 6.09 Å². The standard InChI is InChI=1S/C39H53N5O8S/c1-4-27(5-2)33(37(47)43-53(50,51)30-18-19-30)41-36(46)32-15-10-22-44(32)38(48)34(29-13-7-6-8-14-29)42-39(49)52-24-25(3)11-9-12-26-16-17-28-20-21-40-35(45)31(28)23-26/h4-5,16-17,20-21,23,25,27,29-30,32-34H,1-2,6-15,18-19,22,24H2,3H3,(H,40,45)(H,41,46)(H,42,49)(H,43,47)/t25-,32+,33?,34+/m1/s1. The molecular formula is C39H53N5O8S. The van der Waals surface area contributed by atoms with Gasteiger partial charge < -0.3 is 25.3 Å². The van der Waals surface area contributed by atoms with E-state index < -0.39 is 57.2 Å². The van der Waals surface area contributed by atoms with Crippen molar-refractivity contribution in [3.63, 3.8) is 0 Å². The summed E-state index contributed by atoms with van der Waals surface area (Å²) in [5.74, 6) is -2.71. The van der Waals surface area contributed by atoms with Crippen LogP contribution in [0.3, 0.4) is 0 Å². The first kappa shape index (κ1) is 39.7. The highest BCUT2D eigenvalue weighted by Gasteiger charge is 2.43. The molecule has 1 saturated heterocycles. The van der Waals surface area contributed by atoms with Gasteiger partial charge in [-0.3, -0.25) is 23.9 Å². The number of aromatic nitrogens is 1. The molecule has 2 heterocycles. The van der Waals surface area contributed by atoms with Crippen LogP contribution in [-0.4, -0.2) is 78.6 Å². The third kappa shape index (κ3) is 10.4. The SMILES string of the molecule is C=CC(C=C)C(NC(=O)[C@@H]1CCCN1C(=O)[C@@H](NC(=O)OC[C@H](C)CCCc1ccc2cc[nH]c(=O)c2c1)C1CCCCC1)C(=O)NS(=O)(=O)C1CC1. The molecule has 1 aromatic carbocycles. The summed E-state index contributed by atoms with van der Waals surface area (Å²) < 4.78 is 32.8. The summed E-state index contributed by atoms with van der Waals surface area (Å²) >= 11 is 0. The number of nitrogens with zero attached hydrogens (tertiary/aromatic N) is 1. The second kappa shape index (κ2) is 18.0. The van der Waals surface area contributed by atoms with Crippen molar-refractivity contribution in [1.29, 1.82) is 0 Å². The third-order valence-electron chi connectivity index (χ3n) is 10.7. The monoisotopic (exact) mass is 751 g/mol. The van der Waals surface area contributed by atoms with Crippen LogP contribution in [0.4, 0.5) is 4.79 Å². The lowest BCUT2D eigenvalue weighted by Gasteiger charge is -2.35. The van der Waals surface area contributed by atoms with E-state index in [1.54, 1.807) is 6.20 Å². The molecule has 288 valence electrons. The van der Waals surface area contributed by atoms with Gasteiger partial charge in [-0.05, 0) is 92.7 Å². The van der Waals surface area contributed by atoms with Crippen LogP contribution < -0.4 is 20.9 Å². The van der Waals surface area contributed by atoms with Crippen molar-refractivity contribution in [2.45, 2.75) is 107 Å². The number of nitrogens with one attached hydrogen (secondary N) is 4. The maximum atomic E-state index is 14.2. The number of carbonyl (C=O) groups is 4. The molecule has 2 aliphatic carbocycles. The van der Waals surface area contributed by atoms with Crippen LogP contribution in [0.5, 0.6) is 0 Å². The fourth-order valence-electron chi connectivity index (χ4n) is 7.46. The number of likely N-dealkylation sites (tertiary alicyclic amines) is 1. The zero-order valence-corrected chi connectivity index (χ0v) is 31.3. The predicted octanol–water partition coefficient (Wildman–Crippen LogP) is 4.23. The Morgan fingerprint density at radius 1 is 1.00 bits per heavy atom. The number of hydrogen-bond donors (Lipinski definition) is 4. The van der Waals surface area contributed by atoms with E-state index in [1.807, 2.05) is 31.2 Å². The Morgan fingerprint density at radius 2 is 1.74 bits per heavy atom. The van der Waals surface area contributed by atoms with E-state index in [4.69, 9.17) is 4.74 Å².